The van der Waals surface area contributed by atoms with Crippen LogP contribution in [0.1, 0.15) is 59.3 Å². The normalized spacial score (nSPS) is 44.8. The summed E-state index contributed by atoms with van der Waals surface area (Å²) in [6, 6.07) is 0. The van der Waals surface area contributed by atoms with Crippen molar-refractivity contribution in [3.63, 3.8) is 0 Å². The Kier molecular flexibility index (Phi) is 3.77. The van der Waals surface area contributed by atoms with Crippen LogP contribution in [-0.4, -0.2) is 0 Å². The molecule has 0 aliphatic heterocycles. The van der Waals surface area contributed by atoms with E-state index in [1.807, 2.05) is 0 Å². The summed E-state index contributed by atoms with van der Waals surface area (Å²) >= 11 is 0. The van der Waals surface area contributed by atoms with Gasteiger partial charge in [0, 0.05) is 5.92 Å². The van der Waals surface area contributed by atoms with E-state index in [0.717, 1.165) is 35.5 Å². The first-order valence-electron chi connectivity index (χ1n) is 8.66. The molecule has 3 aliphatic carbocycles. The van der Waals surface area contributed by atoms with Gasteiger partial charge >= 0.3 is 0 Å². The summed E-state index contributed by atoms with van der Waals surface area (Å²) in [7, 11) is 0. The molecule has 6 atom stereocenters. The predicted molar refractivity (Wildman–Crippen MR) is 87.2 cm³/mol. The van der Waals surface area contributed by atoms with Crippen molar-refractivity contribution in [1.82, 2.24) is 0 Å². The molecule has 0 radical (unpaired) electrons. The quantitative estimate of drug-likeness (QED) is 0.417. The molecule has 110 valence electrons. The lowest BCUT2D eigenvalue weighted by atomic mass is 9.59. The first-order chi connectivity index (χ1) is 9.50. The van der Waals surface area contributed by atoms with Gasteiger partial charge in [-0.1, -0.05) is 31.2 Å². The molecule has 3 fully saturated rings. The summed E-state index contributed by atoms with van der Waals surface area (Å²) in [4.78, 5) is 0. The fourth-order valence-electron chi connectivity index (χ4n) is 5.74. The molecule has 0 spiro atoms. The molecule has 0 heteroatoms. The molecular formula is C20H31+. The highest BCUT2D eigenvalue weighted by Crippen LogP contribution is 2.58. The van der Waals surface area contributed by atoms with Gasteiger partial charge in [0.05, 0.1) is 19.3 Å². The van der Waals surface area contributed by atoms with E-state index < -0.39 is 0 Å². The van der Waals surface area contributed by atoms with Crippen molar-refractivity contribution in [2.75, 3.05) is 0 Å². The molecule has 1 unspecified atom stereocenters. The zero-order valence-electron chi connectivity index (χ0n) is 13.6. The second-order valence-corrected chi connectivity index (χ2v) is 7.96. The van der Waals surface area contributed by atoms with Gasteiger partial charge in [0.15, 0.2) is 0 Å². The average Bonchev–Trinajstić information content (AvgIpc) is 2.70. The zero-order valence-corrected chi connectivity index (χ0v) is 13.6. The third-order valence-corrected chi connectivity index (χ3v) is 6.86. The van der Waals surface area contributed by atoms with E-state index in [1.54, 1.807) is 11.5 Å². The molecular weight excluding hydrogens is 240 g/mol. The fourth-order valence-corrected chi connectivity index (χ4v) is 5.74. The van der Waals surface area contributed by atoms with Crippen LogP contribution < -0.4 is 0 Å². The van der Waals surface area contributed by atoms with E-state index in [2.05, 4.69) is 33.9 Å². The Morgan fingerprint density at radius 2 is 1.95 bits per heavy atom. The summed E-state index contributed by atoms with van der Waals surface area (Å²) < 4.78 is 0. The van der Waals surface area contributed by atoms with Crippen LogP contribution in [0.3, 0.4) is 0 Å². The standard InChI is InChI=1S/C20H31/c1-12(2)16-9-6-14(4)18-10-7-13(3)17-11-8-15(5)19(17)20(16)18/h14,16-20H,1,5-11H2,2-4H3/q+1/t14-,16-,17?,18+,19-,20-/m0/s1. The molecule has 0 amide bonds. The average molecular weight is 271 g/mol. The zero-order chi connectivity index (χ0) is 14.4. The number of hydrogen-bond donors (Lipinski definition) is 0. The molecule has 0 nitrogen and oxygen atoms in total. The van der Waals surface area contributed by atoms with Crippen LogP contribution in [-0.2, 0) is 0 Å². The molecule has 20 heavy (non-hydrogen) atoms. The van der Waals surface area contributed by atoms with Gasteiger partial charge in [-0.2, -0.15) is 0 Å². The molecule has 0 bridgehead atoms. The summed E-state index contributed by atoms with van der Waals surface area (Å²) in [5.41, 5.74) is 3.00. The first-order valence-corrected chi connectivity index (χ1v) is 8.66. The lowest BCUT2D eigenvalue weighted by molar-refractivity contribution is 0.0738. The van der Waals surface area contributed by atoms with Crippen LogP contribution in [0.25, 0.3) is 0 Å². The lowest BCUT2D eigenvalue weighted by Gasteiger charge is -2.45. The predicted octanol–water partition coefficient (Wildman–Crippen LogP) is 5.81. The first kappa shape index (κ1) is 14.3. The maximum atomic E-state index is 4.48. The summed E-state index contributed by atoms with van der Waals surface area (Å²) in [6.07, 6.45) is 8.20. The molecule has 0 saturated heterocycles. The van der Waals surface area contributed by atoms with E-state index in [0.29, 0.717) is 0 Å². The summed E-state index contributed by atoms with van der Waals surface area (Å²) in [5, 5.41) is 0. The van der Waals surface area contributed by atoms with Crippen LogP contribution in [0.2, 0.25) is 0 Å². The minimum atomic E-state index is 0.754. The minimum absolute atomic E-state index is 0.754. The van der Waals surface area contributed by atoms with Gasteiger partial charge in [0.1, 0.15) is 5.92 Å². The lowest BCUT2D eigenvalue weighted by Crippen LogP contribution is -2.39. The monoisotopic (exact) mass is 271 g/mol. The molecule has 0 heterocycles. The van der Waals surface area contributed by atoms with Crippen molar-refractivity contribution < 1.29 is 0 Å². The number of allylic oxidation sites excluding steroid dienone is 2. The Labute approximate surface area is 125 Å². The molecule has 0 aromatic carbocycles. The largest absolute Gasteiger partial charge is 0.107 e. The van der Waals surface area contributed by atoms with Gasteiger partial charge in [-0.25, -0.2) is 0 Å². The van der Waals surface area contributed by atoms with Crippen LogP contribution in [0.5, 0.6) is 0 Å². The fraction of sp³-hybridized carbons (Fsp3) is 0.750. The van der Waals surface area contributed by atoms with Crippen molar-refractivity contribution in [1.29, 1.82) is 0 Å². The van der Waals surface area contributed by atoms with Gasteiger partial charge in [-0.05, 0) is 62.7 Å². The third kappa shape index (κ3) is 2.16. The smallest absolute Gasteiger partial charge is 0.0998 e. The highest BCUT2D eigenvalue weighted by molar-refractivity contribution is 5.22. The van der Waals surface area contributed by atoms with Gasteiger partial charge in [-0.3, -0.25) is 0 Å². The minimum Gasteiger partial charge on any atom is -0.0998 e. The Morgan fingerprint density at radius 3 is 2.65 bits per heavy atom. The SMILES string of the molecule is C=C(C)[C@@H]1CC[C@H](C)[C@H]2CC[C+](C)C3CCC(=C)[C@@H]3[C@H]21. The third-order valence-electron chi connectivity index (χ3n) is 6.86. The van der Waals surface area contributed by atoms with E-state index in [4.69, 9.17) is 0 Å². The Morgan fingerprint density at radius 1 is 1.20 bits per heavy atom. The molecule has 3 saturated carbocycles. The van der Waals surface area contributed by atoms with Crippen molar-refractivity contribution in [3.05, 3.63) is 30.2 Å². The van der Waals surface area contributed by atoms with E-state index in [1.165, 1.54) is 44.1 Å². The van der Waals surface area contributed by atoms with E-state index >= 15 is 0 Å². The molecule has 0 N–H and O–H groups in total. The molecule has 3 aliphatic rings. The Balaban J connectivity index is 2.00. The van der Waals surface area contributed by atoms with Crippen LogP contribution in [0.4, 0.5) is 0 Å². The Hall–Kier alpha value is -0.650. The highest BCUT2D eigenvalue weighted by Gasteiger charge is 2.54. The second kappa shape index (κ2) is 5.28. The van der Waals surface area contributed by atoms with Gasteiger partial charge in [-0.15, -0.1) is 0 Å². The number of fused-ring (bicyclic) bond motifs is 3. The Bertz CT molecular complexity index is 404. The van der Waals surface area contributed by atoms with Crippen molar-refractivity contribution >= 4 is 0 Å². The highest BCUT2D eigenvalue weighted by atomic mass is 14.5. The van der Waals surface area contributed by atoms with Crippen molar-refractivity contribution in [2.45, 2.75) is 59.3 Å². The van der Waals surface area contributed by atoms with Crippen LogP contribution in [0, 0.1) is 41.4 Å². The van der Waals surface area contributed by atoms with E-state index in [-0.39, 0.29) is 0 Å². The summed E-state index contributed by atoms with van der Waals surface area (Å²) in [5.74, 6) is 6.78. The molecule has 0 aromatic rings. The molecule has 0 aromatic heterocycles. The van der Waals surface area contributed by atoms with Crippen molar-refractivity contribution in [3.8, 4) is 0 Å². The van der Waals surface area contributed by atoms with Gasteiger partial charge < -0.3 is 0 Å². The van der Waals surface area contributed by atoms with Gasteiger partial charge in [0.2, 0.25) is 0 Å². The van der Waals surface area contributed by atoms with Crippen LogP contribution >= 0.6 is 0 Å². The number of hydrogen-bond acceptors (Lipinski definition) is 0. The topological polar surface area (TPSA) is 0 Å². The van der Waals surface area contributed by atoms with Crippen molar-refractivity contribution in [2.24, 2.45) is 35.5 Å². The maximum Gasteiger partial charge on any atom is 0.107 e. The molecule has 3 rings (SSSR count). The second-order valence-electron chi connectivity index (χ2n) is 7.96. The number of rotatable bonds is 1. The van der Waals surface area contributed by atoms with Gasteiger partial charge in [0.25, 0.3) is 0 Å². The maximum absolute atomic E-state index is 4.48. The van der Waals surface area contributed by atoms with E-state index in [9.17, 15) is 0 Å². The summed E-state index contributed by atoms with van der Waals surface area (Å²) in [6.45, 7) is 16.0. The van der Waals surface area contributed by atoms with Crippen LogP contribution in [0.15, 0.2) is 24.3 Å².